The van der Waals surface area contributed by atoms with Crippen molar-refractivity contribution in [3.63, 3.8) is 0 Å². The molecule has 1 N–H and O–H groups in total. The third-order valence-electron chi connectivity index (χ3n) is 3.41. The number of nitrogens with one attached hydrogen (secondary N) is 1. The highest BCUT2D eigenvalue weighted by Gasteiger charge is 2.20. The van der Waals surface area contributed by atoms with E-state index in [1.807, 2.05) is 13.1 Å². The molecule has 0 aliphatic rings. The summed E-state index contributed by atoms with van der Waals surface area (Å²) >= 11 is 0. The SMILES string of the molecule is CCn1cc(CNC(=O)c2ccc(OC)c(OC)c2OC)cn1. The van der Waals surface area contributed by atoms with Gasteiger partial charge in [0.1, 0.15) is 0 Å². The first-order chi connectivity index (χ1) is 11.1. The number of methoxy groups -OCH3 is 3. The van der Waals surface area contributed by atoms with Crippen LogP contribution in [0.5, 0.6) is 17.2 Å². The molecule has 124 valence electrons. The van der Waals surface area contributed by atoms with Gasteiger partial charge in [-0.1, -0.05) is 0 Å². The van der Waals surface area contributed by atoms with E-state index in [9.17, 15) is 4.79 Å². The molecule has 0 spiro atoms. The van der Waals surface area contributed by atoms with Crippen molar-refractivity contribution < 1.29 is 19.0 Å². The van der Waals surface area contributed by atoms with Gasteiger partial charge in [-0.25, -0.2) is 0 Å². The van der Waals surface area contributed by atoms with E-state index >= 15 is 0 Å². The zero-order valence-corrected chi connectivity index (χ0v) is 13.8. The Morgan fingerprint density at radius 2 is 1.91 bits per heavy atom. The standard InChI is InChI=1S/C16H21N3O4/c1-5-19-10-11(9-18-19)8-17-16(20)12-6-7-13(21-2)15(23-4)14(12)22-3/h6-7,9-10H,5,8H2,1-4H3,(H,17,20). The van der Waals surface area contributed by atoms with Crippen LogP contribution in [0.25, 0.3) is 0 Å². The Kier molecular flexibility index (Phi) is 5.46. The first-order valence-electron chi connectivity index (χ1n) is 7.23. The summed E-state index contributed by atoms with van der Waals surface area (Å²) in [5.41, 5.74) is 1.31. The van der Waals surface area contributed by atoms with Crippen molar-refractivity contribution in [1.29, 1.82) is 0 Å². The van der Waals surface area contributed by atoms with Crippen molar-refractivity contribution in [1.82, 2.24) is 15.1 Å². The number of hydrogen-bond donors (Lipinski definition) is 1. The molecule has 1 heterocycles. The molecule has 23 heavy (non-hydrogen) atoms. The number of aromatic nitrogens is 2. The van der Waals surface area contributed by atoms with Gasteiger partial charge in [0.05, 0.1) is 33.1 Å². The van der Waals surface area contributed by atoms with Crippen LogP contribution < -0.4 is 19.5 Å². The number of benzene rings is 1. The van der Waals surface area contributed by atoms with Gasteiger partial charge >= 0.3 is 0 Å². The average molecular weight is 319 g/mol. The first kappa shape index (κ1) is 16.7. The second-order valence-corrected chi connectivity index (χ2v) is 4.77. The summed E-state index contributed by atoms with van der Waals surface area (Å²) in [5.74, 6) is 0.979. The van der Waals surface area contributed by atoms with E-state index in [4.69, 9.17) is 14.2 Å². The molecule has 0 radical (unpaired) electrons. The van der Waals surface area contributed by atoms with Gasteiger partial charge in [-0.05, 0) is 19.1 Å². The second-order valence-electron chi connectivity index (χ2n) is 4.77. The Labute approximate surface area is 135 Å². The fraction of sp³-hybridized carbons (Fsp3) is 0.375. The number of nitrogens with zero attached hydrogens (tertiary/aromatic N) is 2. The third kappa shape index (κ3) is 3.56. The molecular formula is C16H21N3O4. The van der Waals surface area contributed by atoms with E-state index in [2.05, 4.69) is 10.4 Å². The number of carbonyl (C=O) groups is 1. The van der Waals surface area contributed by atoms with E-state index in [1.165, 1.54) is 21.3 Å². The smallest absolute Gasteiger partial charge is 0.255 e. The number of aryl methyl sites for hydroxylation is 1. The van der Waals surface area contributed by atoms with Crippen LogP contribution in [-0.2, 0) is 13.1 Å². The summed E-state index contributed by atoms with van der Waals surface area (Å²) in [6.45, 7) is 3.18. The maximum absolute atomic E-state index is 12.4. The fourth-order valence-corrected chi connectivity index (χ4v) is 2.23. The summed E-state index contributed by atoms with van der Waals surface area (Å²) in [4.78, 5) is 12.4. The van der Waals surface area contributed by atoms with E-state index in [-0.39, 0.29) is 5.91 Å². The van der Waals surface area contributed by atoms with Crippen molar-refractivity contribution >= 4 is 5.91 Å². The number of rotatable bonds is 7. The molecule has 0 aliphatic carbocycles. The summed E-state index contributed by atoms with van der Waals surface area (Å²) in [5, 5.41) is 7.02. The lowest BCUT2D eigenvalue weighted by Gasteiger charge is -2.15. The predicted molar refractivity (Wildman–Crippen MR) is 85.2 cm³/mol. The molecule has 0 unspecified atom stereocenters. The van der Waals surface area contributed by atoms with Gasteiger partial charge in [-0.2, -0.15) is 5.10 Å². The van der Waals surface area contributed by atoms with Crippen molar-refractivity contribution in [3.8, 4) is 17.2 Å². The number of ether oxygens (including phenoxy) is 3. The highest BCUT2D eigenvalue weighted by Crippen LogP contribution is 2.39. The fourth-order valence-electron chi connectivity index (χ4n) is 2.23. The Morgan fingerprint density at radius 1 is 1.17 bits per heavy atom. The maximum atomic E-state index is 12.4. The van der Waals surface area contributed by atoms with Crippen molar-refractivity contribution in [3.05, 3.63) is 35.7 Å². The van der Waals surface area contributed by atoms with Gasteiger partial charge in [0.2, 0.25) is 5.75 Å². The van der Waals surface area contributed by atoms with E-state index in [1.54, 1.807) is 23.0 Å². The molecule has 2 aromatic rings. The molecule has 2 rings (SSSR count). The topological polar surface area (TPSA) is 74.6 Å². The van der Waals surface area contributed by atoms with Gasteiger partial charge in [0.15, 0.2) is 11.5 Å². The number of carbonyl (C=O) groups excluding carboxylic acids is 1. The normalized spacial score (nSPS) is 10.3. The van der Waals surface area contributed by atoms with Gasteiger partial charge < -0.3 is 19.5 Å². The molecule has 7 heteroatoms. The summed E-state index contributed by atoms with van der Waals surface area (Å²) < 4.78 is 17.6. The molecule has 1 aromatic heterocycles. The molecular weight excluding hydrogens is 298 g/mol. The Hall–Kier alpha value is -2.70. The van der Waals surface area contributed by atoms with Crippen LogP contribution in [0, 0.1) is 0 Å². The maximum Gasteiger partial charge on any atom is 0.255 e. The highest BCUT2D eigenvalue weighted by atomic mass is 16.5. The third-order valence-corrected chi connectivity index (χ3v) is 3.41. The Morgan fingerprint density at radius 3 is 2.48 bits per heavy atom. The van der Waals surface area contributed by atoms with Crippen LogP contribution in [0.15, 0.2) is 24.5 Å². The van der Waals surface area contributed by atoms with Crippen LogP contribution in [0.3, 0.4) is 0 Å². The van der Waals surface area contributed by atoms with Crippen LogP contribution >= 0.6 is 0 Å². The molecule has 7 nitrogen and oxygen atoms in total. The van der Waals surface area contributed by atoms with Crippen LogP contribution in [0.1, 0.15) is 22.8 Å². The summed E-state index contributed by atoms with van der Waals surface area (Å²) in [6, 6.07) is 3.32. The summed E-state index contributed by atoms with van der Waals surface area (Å²) in [6.07, 6.45) is 3.63. The molecule has 0 saturated carbocycles. The van der Waals surface area contributed by atoms with Gasteiger partial charge in [0.25, 0.3) is 5.91 Å². The van der Waals surface area contributed by atoms with Crippen LogP contribution in [0.2, 0.25) is 0 Å². The lowest BCUT2D eigenvalue weighted by atomic mass is 10.1. The van der Waals surface area contributed by atoms with Crippen molar-refractivity contribution in [2.24, 2.45) is 0 Å². The molecule has 1 amide bonds. The monoisotopic (exact) mass is 319 g/mol. The zero-order chi connectivity index (χ0) is 16.8. The molecule has 1 aromatic carbocycles. The predicted octanol–water partition coefficient (Wildman–Crippen LogP) is 1.86. The Bertz CT molecular complexity index is 682. The first-order valence-corrected chi connectivity index (χ1v) is 7.23. The highest BCUT2D eigenvalue weighted by molar-refractivity contribution is 5.98. The van der Waals surface area contributed by atoms with Crippen LogP contribution in [0.4, 0.5) is 0 Å². The number of hydrogen-bond acceptors (Lipinski definition) is 5. The number of amides is 1. The lowest BCUT2D eigenvalue weighted by Crippen LogP contribution is -2.23. The second kappa shape index (κ2) is 7.53. The van der Waals surface area contributed by atoms with Crippen molar-refractivity contribution in [2.45, 2.75) is 20.0 Å². The van der Waals surface area contributed by atoms with Gasteiger partial charge in [-0.15, -0.1) is 0 Å². The van der Waals surface area contributed by atoms with Crippen LogP contribution in [-0.4, -0.2) is 37.0 Å². The minimum absolute atomic E-state index is 0.257. The quantitative estimate of drug-likeness (QED) is 0.843. The van der Waals surface area contributed by atoms with E-state index in [0.717, 1.165) is 12.1 Å². The molecule has 0 fully saturated rings. The van der Waals surface area contributed by atoms with Gasteiger partial charge in [-0.3, -0.25) is 9.48 Å². The minimum atomic E-state index is -0.257. The Balaban J connectivity index is 2.18. The van der Waals surface area contributed by atoms with Crippen molar-refractivity contribution in [2.75, 3.05) is 21.3 Å². The van der Waals surface area contributed by atoms with Gasteiger partial charge in [0, 0.05) is 24.8 Å². The molecule has 0 atom stereocenters. The zero-order valence-electron chi connectivity index (χ0n) is 13.8. The molecule has 0 aliphatic heterocycles. The minimum Gasteiger partial charge on any atom is -0.493 e. The molecule has 0 bridgehead atoms. The largest absolute Gasteiger partial charge is 0.493 e. The van der Waals surface area contributed by atoms with E-state index < -0.39 is 0 Å². The molecule has 0 saturated heterocycles. The summed E-state index contributed by atoms with van der Waals surface area (Å²) in [7, 11) is 4.52. The van der Waals surface area contributed by atoms with E-state index in [0.29, 0.717) is 29.4 Å². The lowest BCUT2D eigenvalue weighted by molar-refractivity contribution is 0.0947. The average Bonchev–Trinajstić information content (AvgIpc) is 3.06.